The SMILES string of the molecule is Cc1nc(C(F)F)c(Br)cc1CBr. The van der Waals surface area contributed by atoms with Crippen LogP contribution in [-0.2, 0) is 5.33 Å². The van der Waals surface area contributed by atoms with Crippen molar-refractivity contribution < 1.29 is 8.78 Å². The average Bonchev–Trinajstić information content (AvgIpc) is 2.07. The summed E-state index contributed by atoms with van der Waals surface area (Å²) >= 11 is 6.32. The second-order valence-electron chi connectivity index (χ2n) is 2.53. The van der Waals surface area contributed by atoms with E-state index in [0.29, 0.717) is 15.5 Å². The van der Waals surface area contributed by atoms with Gasteiger partial charge in [-0.2, -0.15) is 0 Å². The molecule has 0 aromatic carbocycles. The third-order valence-electron chi connectivity index (χ3n) is 1.65. The van der Waals surface area contributed by atoms with E-state index in [9.17, 15) is 8.78 Å². The largest absolute Gasteiger partial charge is 0.281 e. The summed E-state index contributed by atoms with van der Waals surface area (Å²) in [4.78, 5) is 3.82. The molecule has 0 fully saturated rings. The lowest BCUT2D eigenvalue weighted by Crippen LogP contribution is -1.98. The zero-order chi connectivity index (χ0) is 10.0. The van der Waals surface area contributed by atoms with Gasteiger partial charge in [-0.05, 0) is 34.5 Å². The van der Waals surface area contributed by atoms with Crippen LogP contribution in [-0.4, -0.2) is 4.98 Å². The highest BCUT2D eigenvalue weighted by atomic mass is 79.9. The Kier molecular flexibility index (Phi) is 3.79. The number of aryl methyl sites for hydroxylation is 1. The highest BCUT2D eigenvalue weighted by Gasteiger charge is 2.15. The van der Waals surface area contributed by atoms with Crippen molar-refractivity contribution >= 4 is 31.9 Å². The zero-order valence-electron chi connectivity index (χ0n) is 6.82. The molecule has 1 rings (SSSR count). The van der Waals surface area contributed by atoms with Crippen molar-refractivity contribution in [1.82, 2.24) is 4.98 Å². The van der Waals surface area contributed by atoms with Crippen LogP contribution in [0.5, 0.6) is 0 Å². The molecule has 0 aliphatic carbocycles. The van der Waals surface area contributed by atoms with Crippen LogP contribution in [0.3, 0.4) is 0 Å². The standard InChI is InChI=1S/C8H7Br2F2N/c1-4-5(3-9)2-6(10)7(13-4)8(11)12/h2,8H,3H2,1H3. The van der Waals surface area contributed by atoms with E-state index in [-0.39, 0.29) is 5.69 Å². The van der Waals surface area contributed by atoms with Crippen molar-refractivity contribution in [2.45, 2.75) is 18.7 Å². The first-order valence-corrected chi connectivity index (χ1v) is 5.47. The van der Waals surface area contributed by atoms with Crippen LogP contribution in [0, 0.1) is 6.92 Å². The normalized spacial score (nSPS) is 10.9. The second kappa shape index (κ2) is 4.46. The van der Waals surface area contributed by atoms with E-state index in [1.54, 1.807) is 13.0 Å². The third-order valence-corrected chi connectivity index (χ3v) is 2.89. The molecular weight excluding hydrogens is 308 g/mol. The molecule has 72 valence electrons. The first-order valence-electron chi connectivity index (χ1n) is 3.56. The maximum atomic E-state index is 12.3. The van der Waals surface area contributed by atoms with E-state index >= 15 is 0 Å². The minimum absolute atomic E-state index is 0.192. The van der Waals surface area contributed by atoms with Gasteiger partial charge in [0.2, 0.25) is 0 Å². The molecular formula is C8H7Br2F2N. The predicted octanol–water partition coefficient (Wildman–Crippen LogP) is 3.99. The average molecular weight is 315 g/mol. The molecule has 0 aliphatic rings. The molecule has 0 atom stereocenters. The Bertz CT molecular complexity index is 315. The van der Waals surface area contributed by atoms with Gasteiger partial charge in [-0.1, -0.05) is 15.9 Å². The molecule has 0 aliphatic heterocycles. The van der Waals surface area contributed by atoms with Crippen LogP contribution in [0.15, 0.2) is 10.5 Å². The van der Waals surface area contributed by atoms with Crippen LogP contribution >= 0.6 is 31.9 Å². The lowest BCUT2D eigenvalue weighted by Gasteiger charge is -2.07. The van der Waals surface area contributed by atoms with Gasteiger partial charge in [0, 0.05) is 15.5 Å². The Hall–Kier alpha value is -0.0300. The first-order chi connectivity index (χ1) is 6.06. The van der Waals surface area contributed by atoms with Crippen molar-refractivity contribution in [3.8, 4) is 0 Å². The number of hydrogen-bond acceptors (Lipinski definition) is 1. The van der Waals surface area contributed by atoms with Gasteiger partial charge in [-0.25, -0.2) is 8.78 Å². The first kappa shape index (κ1) is 11.0. The van der Waals surface area contributed by atoms with Crippen LogP contribution < -0.4 is 0 Å². The molecule has 0 bridgehead atoms. The number of nitrogens with zero attached hydrogens (tertiary/aromatic N) is 1. The molecule has 1 heterocycles. The maximum absolute atomic E-state index is 12.3. The minimum Gasteiger partial charge on any atom is -0.251 e. The summed E-state index contributed by atoms with van der Waals surface area (Å²) in [5.74, 6) is 0. The van der Waals surface area contributed by atoms with Crippen LogP contribution in [0.1, 0.15) is 23.4 Å². The van der Waals surface area contributed by atoms with Crippen molar-refractivity contribution in [3.63, 3.8) is 0 Å². The van der Waals surface area contributed by atoms with Gasteiger partial charge >= 0.3 is 0 Å². The zero-order valence-corrected chi connectivity index (χ0v) is 9.99. The molecule has 1 nitrogen and oxygen atoms in total. The minimum atomic E-state index is -2.53. The van der Waals surface area contributed by atoms with E-state index in [1.807, 2.05) is 0 Å². The fraction of sp³-hybridized carbons (Fsp3) is 0.375. The summed E-state index contributed by atoms with van der Waals surface area (Å²) < 4.78 is 25.0. The smallest absolute Gasteiger partial charge is 0.251 e. The van der Waals surface area contributed by atoms with E-state index in [0.717, 1.165) is 5.56 Å². The summed E-state index contributed by atoms with van der Waals surface area (Å²) in [7, 11) is 0. The fourth-order valence-electron chi connectivity index (χ4n) is 0.926. The van der Waals surface area contributed by atoms with E-state index in [4.69, 9.17) is 0 Å². The Labute approximate surface area is 91.8 Å². The van der Waals surface area contributed by atoms with Crippen molar-refractivity contribution in [3.05, 3.63) is 27.5 Å². The molecule has 0 amide bonds. The van der Waals surface area contributed by atoms with Gasteiger partial charge in [0.15, 0.2) is 0 Å². The van der Waals surface area contributed by atoms with Gasteiger partial charge in [0.25, 0.3) is 6.43 Å². The number of hydrogen-bond donors (Lipinski definition) is 0. The molecule has 1 aromatic heterocycles. The van der Waals surface area contributed by atoms with Gasteiger partial charge < -0.3 is 0 Å². The Balaban J connectivity index is 3.20. The number of alkyl halides is 3. The highest BCUT2D eigenvalue weighted by Crippen LogP contribution is 2.27. The van der Waals surface area contributed by atoms with Crippen molar-refractivity contribution in [1.29, 1.82) is 0 Å². The molecule has 1 aromatic rings. The molecule has 0 N–H and O–H groups in total. The molecule has 13 heavy (non-hydrogen) atoms. The van der Waals surface area contributed by atoms with Crippen molar-refractivity contribution in [2.24, 2.45) is 0 Å². The Morgan fingerprint density at radius 3 is 2.62 bits per heavy atom. The van der Waals surface area contributed by atoms with Gasteiger partial charge in [0.1, 0.15) is 5.69 Å². The number of aromatic nitrogens is 1. The fourth-order valence-corrected chi connectivity index (χ4v) is 2.03. The van der Waals surface area contributed by atoms with E-state index in [1.165, 1.54) is 0 Å². The molecule has 5 heteroatoms. The van der Waals surface area contributed by atoms with Gasteiger partial charge in [-0.3, -0.25) is 4.98 Å². The topological polar surface area (TPSA) is 12.9 Å². The Morgan fingerprint density at radius 2 is 2.15 bits per heavy atom. The summed E-state index contributed by atoms with van der Waals surface area (Å²) in [6, 6.07) is 1.67. The van der Waals surface area contributed by atoms with Gasteiger partial charge in [-0.15, -0.1) is 0 Å². The predicted molar refractivity (Wildman–Crippen MR) is 54.3 cm³/mol. The monoisotopic (exact) mass is 313 g/mol. The number of rotatable bonds is 2. The summed E-state index contributed by atoms with van der Waals surface area (Å²) in [6.45, 7) is 1.72. The molecule has 0 radical (unpaired) electrons. The molecule has 0 spiro atoms. The van der Waals surface area contributed by atoms with Crippen LogP contribution in [0.2, 0.25) is 0 Å². The quantitative estimate of drug-likeness (QED) is 0.752. The van der Waals surface area contributed by atoms with Crippen LogP contribution in [0.4, 0.5) is 8.78 Å². The molecule has 0 saturated heterocycles. The van der Waals surface area contributed by atoms with Crippen LogP contribution in [0.25, 0.3) is 0 Å². The van der Waals surface area contributed by atoms with E-state index in [2.05, 4.69) is 36.8 Å². The molecule has 0 unspecified atom stereocenters. The summed E-state index contributed by atoms with van der Waals surface area (Å²) in [5.41, 5.74) is 1.36. The maximum Gasteiger partial charge on any atom is 0.281 e. The second-order valence-corrected chi connectivity index (χ2v) is 3.95. The number of halogens is 4. The summed E-state index contributed by atoms with van der Waals surface area (Å²) in [5, 5.41) is 0.619. The van der Waals surface area contributed by atoms with Gasteiger partial charge in [0.05, 0.1) is 0 Å². The number of pyridine rings is 1. The lowest BCUT2D eigenvalue weighted by molar-refractivity contribution is 0.145. The van der Waals surface area contributed by atoms with Crippen molar-refractivity contribution in [2.75, 3.05) is 0 Å². The van der Waals surface area contributed by atoms with E-state index < -0.39 is 6.43 Å². The third kappa shape index (κ3) is 2.47. The lowest BCUT2D eigenvalue weighted by atomic mass is 10.2. The summed E-state index contributed by atoms with van der Waals surface area (Å²) in [6.07, 6.45) is -2.53. The molecule has 0 saturated carbocycles. The highest BCUT2D eigenvalue weighted by molar-refractivity contribution is 9.10. The Morgan fingerprint density at radius 1 is 1.54 bits per heavy atom.